The predicted molar refractivity (Wildman–Crippen MR) is 109 cm³/mol. The molecule has 3 aromatic rings. The molecule has 12 heteroatoms. The highest BCUT2D eigenvalue weighted by atomic mass is 32.2. The van der Waals surface area contributed by atoms with Gasteiger partial charge < -0.3 is 9.64 Å². The molecule has 0 unspecified atom stereocenters. The van der Waals surface area contributed by atoms with E-state index in [9.17, 15) is 21.6 Å². The Morgan fingerprint density at radius 1 is 0.906 bits per heavy atom. The Morgan fingerprint density at radius 2 is 1.62 bits per heavy atom. The van der Waals surface area contributed by atoms with E-state index in [1.807, 2.05) is 29.2 Å². The van der Waals surface area contributed by atoms with E-state index in [-0.39, 0.29) is 18.0 Å². The Hall–Kier alpha value is -3.25. The summed E-state index contributed by atoms with van der Waals surface area (Å²) in [5.41, 5.74) is 1.52. The first-order valence-corrected chi connectivity index (χ1v) is 11.0. The Morgan fingerprint density at radius 3 is 2.19 bits per heavy atom. The largest absolute Gasteiger partial charge is 0.573 e. The number of hydrogen-bond acceptors (Lipinski definition) is 7. The lowest BCUT2D eigenvalue weighted by Gasteiger charge is -2.34. The smallest absolute Gasteiger partial charge is 0.406 e. The number of benzene rings is 1. The molecule has 0 atom stereocenters. The molecule has 168 valence electrons. The third-order valence-electron chi connectivity index (χ3n) is 4.87. The van der Waals surface area contributed by atoms with Crippen molar-refractivity contribution in [1.29, 1.82) is 0 Å². The number of aromatic nitrogens is 3. The van der Waals surface area contributed by atoms with Crippen molar-refractivity contribution >= 4 is 15.8 Å². The molecule has 0 spiro atoms. The van der Waals surface area contributed by atoms with Crippen molar-refractivity contribution in [1.82, 2.24) is 19.5 Å². The first-order chi connectivity index (χ1) is 15.2. The minimum Gasteiger partial charge on any atom is -0.406 e. The quantitative estimate of drug-likeness (QED) is 0.573. The van der Waals surface area contributed by atoms with Gasteiger partial charge in [-0.3, -0.25) is 4.98 Å². The molecule has 1 aliphatic heterocycles. The summed E-state index contributed by atoms with van der Waals surface area (Å²) >= 11 is 0. The highest BCUT2D eigenvalue weighted by Gasteiger charge is 2.32. The Kier molecular flexibility index (Phi) is 5.98. The molecule has 0 amide bonds. The van der Waals surface area contributed by atoms with Gasteiger partial charge in [0.2, 0.25) is 10.0 Å². The summed E-state index contributed by atoms with van der Waals surface area (Å²) in [7, 11) is -3.84. The maximum Gasteiger partial charge on any atom is 0.573 e. The average Bonchev–Trinajstić information content (AvgIpc) is 2.79. The van der Waals surface area contributed by atoms with Crippen molar-refractivity contribution in [2.24, 2.45) is 0 Å². The second-order valence-corrected chi connectivity index (χ2v) is 8.87. The van der Waals surface area contributed by atoms with Gasteiger partial charge in [0.25, 0.3) is 0 Å². The van der Waals surface area contributed by atoms with E-state index in [2.05, 4.69) is 19.9 Å². The molecule has 8 nitrogen and oxygen atoms in total. The van der Waals surface area contributed by atoms with Crippen LogP contribution in [0.3, 0.4) is 0 Å². The molecule has 0 bridgehead atoms. The number of ether oxygens (including phenoxy) is 1. The molecule has 0 radical (unpaired) electrons. The second-order valence-electron chi connectivity index (χ2n) is 6.93. The van der Waals surface area contributed by atoms with Gasteiger partial charge in [-0.15, -0.1) is 23.4 Å². The highest BCUT2D eigenvalue weighted by molar-refractivity contribution is 7.89. The lowest BCUT2D eigenvalue weighted by atomic mass is 10.2. The van der Waals surface area contributed by atoms with Gasteiger partial charge in [-0.25, -0.2) is 8.42 Å². The number of anilines is 1. The van der Waals surface area contributed by atoms with Crippen LogP contribution in [0.15, 0.2) is 65.8 Å². The monoisotopic (exact) mass is 465 g/mol. The number of rotatable bonds is 5. The number of piperazine rings is 1. The van der Waals surface area contributed by atoms with Gasteiger partial charge in [0.15, 0.2) is 5.82 Å². The normalized spacial score (nSPS) is 15.5. The van der Waals surface area contributed by atoms with Crippen molar-refractivity contribution in [3.63, 3.8) is 0 Å². The minimum absolute atomic E-state index is 0.0962. The van der Waals surface area contributed by atoms with Gasteiger partial charge >= 0.3 is 6.36 Å². The molecule has 0 aliphatic carbocycles. The fourth-order valence-electron chi connectivity index (χ4n) is 3.28. The van der Waals surface area contributed by atoms with Crippen LogP contribution in [-0.2, 0) is 10.0 Å². The summed E-state index contributed by atoms with van der Waals surface area (Å²) in [5, 5.41) is 8.46. The van der Waals surface area contributed by atoms with Gasteiger partial charge in [0.05, 0.1) is 10.6 Å². The predicted octanol–water partition coefficient (Wildman–Crippen LogP) is 2.95. The van der Waals surface area contributed by atoms with Gasteiger partial charge in [0, 0.05) is 44.1 Å². The minimum atomic E-state index is -4.84. The van der Waals surface area contributed by atoms with Gasteiger partial charge in [-0.05, 0) is 48.5 Å². The van der Waals surface area contributed by atoms with Crippen molar-refractivity contribution < 1.29 is 26.3 Å². The fourth-order valence-corrected chi connectivity index (χ4v) is 4.70. The lowest BCUT2D eigenvalue weighted by molar-refractivity contribution is -0.274. The molecule has 2 aromatic heterocycles. The molecule has 1 fully saturated rings. The van der Waals surface area contributed by atoms with Crippen LogP contribution in [0.2, 0.25) is 0 Å². The summed E-state index contributed by atoms with van der Waals surface area (Å²) in [6.45, 7) is 1.20. The first kappa shape index (κ1) is 22.0. The van der Waals surface area contributed by atoms with Gasteiger partial charge in [-0.2, -0.15) is 4.31 Å². The van der Waals surface area contributed by atoms with Gasteiger partial charge in [0.1, 0.15) is 5.75 Å². The van der Waals surface area contributed by atoms with Crippen molar-refractivity contribution in [3.05, 3.63) is 60.9 Å². The number of sulfonamides is 1. The Bertz CT molecular complexity index is 1150. The van der Waals surface area contributed by atoms with E-state index in [0.717, 1.165) is 29.8 Å². The summed E-state index contributed by atoms with van der Waals surface area (Å²) in [4.78, 5) is 5.88. The fraction of sp³-hybridized carbons (Fsp3) is 0.250. The van der Waals surface area contributed by atoms with Crippen LogP contribution in [0, 0.1) is 0 Å². The Labute approximate surface area is 182 Å². The number of halogens is 3. The van der Waals surface area contributed by atoms with E-state index < -0.39 is 22.1 Å². The average molecular weight is 465 g/mol. The number of alkyl halides is 3. The highest BCUT2D eigenvalue weighted by Crippen LogP contribution is 2.26. The van der Waals surface area contributed by atoms with E-state index in [4.69, 9.17) is 0 Å². The number of nitrogens with zero attached hydrogens (tertiary/aromatic N) is 5. The van der Waals surface area contributed by atoms with Crippen LogP contribution in [0.4, 0.5) is 19.0 Å². The molecule has 0 saturated carbocycles. The van der Waals surface area contributed by atoms with Crippen LogP contribution in [0.5, 0.6) is 5.75 Å². The molecular formula is C20H18F3N5O3S. The summed E-state index contributed by atoms with van der Waals surface area (Å²) in [6, 6.07) is 11.5. The standard InChI is InChI=1S/C20H18F3N5O3S/c21-20(22,23)31-16-3-5-17(6-4-16)32(29,30)28-12-10-27(11-13-28)19-8-7-18(25-26-19)15-2-1-9-24-14-15/h1-9,14H,10-13H2. The zero-order valence-electron chi connectivity index (χ0n) is 16.6. The third-order valence-corrected chi connectivity index (χ3v) is 6.78. The molecule has 32 heavy (non-hydrogen) atoms. The zero-order chi connectivity index (χ0) is 22.8. The molecule has 1 saturated heterocycles. The molecule has 1 aliphatic rings. The van der Waals surface area contributed by atoms with Crippen LogP contribution in [-0.4, -0.2) is 60.4 Å². The van der Waals surface area contributed by atoms with Gasteiger partial charge in [-0.1, -0.05) is 0 Å². The summed E-state index contributed by atoms with van der Waals surface area (Å²) < 4.78 is 67.6. The molecule has 1 aromatic carbocycles. The van der Waals surface area contributed by atoms with Crippen LogP contribution in [0.1, 0.15) is 0 Å². The number of pyridine rings is 1. The van der Waals surface area contributed by atoms with E-state index in [1.54, 1.807) is 12.4 Å². The molecule has 3 heterocycles. The SMILES string of the molecule is O=S(=O)(c1ccc(OC(F)(F)F)cc1)N1CCN(c2ccc(-c3cccnc3)nn2)CC1. The van der Waals surface area contributed by atoms with Crippen LogP contribution >= 0.6 is 0 Å². The van der Waals surface area contributed by atoms with Crippen molar-refractivity contribution in [2.75, 3.05) is 31.1 Å². The van der Waals surface area contributed by atoms with E-state index in [0.29, 0.717) is 24.6 Å². The number of hydrogen-bond donors (Lipinski definition) is 0. The van der Waals surface area contributed by atoms with Crippen molar-refractivity contribution in [3.8, 4) is 17.0 Å². The van der Waals surface area contributed by atoms with Crippen LogP contribution in [0.25, 0.3) is 11.3 Å². The lowest BCUT2D eigenvalue weighted by Crippen LogP contribution is -2.49. The molecule has 0 N–H and O–H groups in total. The molecular weight excluding hydrogens is 447 g/mol. The summed E-state index contributed by atoms with van der Waals surface area (Å²) in [6.07, 6.45) is -1.48. The summed E-state index contributed by atoms with van der Waals surface area (Å²) in [5.74, 6) is 0.151. The van der Waals surface area contributed by atoms with Crippen LogP contribution < -0.4 is 9.64 Å². The zero-order valence-corrected chi connectivity index (χ0v) is 17.4. The van der Waals surface area contributed by atoms with E-state index >= 15 is 0 Å². The first-order valence-electron chi connectivity index (χ1n) is 9.57. The van der Waals surface area contributed by atoms with E-state index in [1.165, 1.54) is 4.31 Å². The van der Waals surface area contributed by atoms with Crippen molar-refractivity contribution in [2.45, 2.75) is 11.3 Å². The maximum atomic E-state index is 12.8. The Balaban J connectivity index is 1.39. The topological polar surface area (TPSA) is 88.5 Å². The molecule has 4 rings (SSSR count). The maximum absolute atomic E-state index is 12.8. The second kappa shape index (κ2) is 8.71. The third kappa shape index (κ3) is 4.97.